The molecule has 0 spiro atoms. The summed E-state index contributed by atoms with van der Waals surface area (Å²) in [6, 6.07) is 21.1. The molecule has 34 heavy (non-hydrogen) atoms. The summed E-state index contributed by atoms with van der Waals surface area (Å²) in [5, 5.41) is 6.32. The van der Waals surface area contributed by atoms with Gasteiger partial charge in [0, 0.05) is 29.6 Å². The number of rotatable bonds is 10. The fraction of sp³-hybridized carbons (Fsp3) is 0.160. The van der Waals surface area contributed by atoms with Gasteiger partial charge in [-0.25, -0.2) is 9.97 Å². The second-order valence-electron chi connectivity index (χ2n) is 7.10. The molecule has 0 saturated carbocycles. The minimum atomic E-state index is 0.350. The molecule has 174 valence electrons. The van der Waals surface area contributed by atoms with Crippen molar-refractivity contribution < 1.29 is 18.9 Å². The van der Waals surface area contributed by atoms with Gasteiger partial charge < -0.3 is 29.6 Å². The third-order valence-electron chi connectivity index (χ3n) is 4.83. The third kappa shape index (κ3) is 5.63. The maximum atomic E-state index is 5.90. The highest BCUT2D eigenvalue weighted by atomic mass is 16.5. The van der Waals surface area contributed by atoms with Crippen LogP contribution in [0.1, 0.15) is 5.56 Å². The Balaban J connectivity index is 1.46. The number of nitrogens with zero attached hydrogens (tertiary/aromatic N) is 3. The van der Waals surface area contributed by atoms with E-state index in [9.17, 15) is 0 Å². The highest BCUT2D eigenvalue weighted by Crippen LogP contribution is 2.40. The lowest BCUT2D eigenvalue weighted by atomic mass is 10.2. The van der Waals surface area contributed by atoms with Crippen LogP contribution in [0.3, 0.4) is 0 Å². The molecule has 0 unspecified atom stereocenters. The Hall–Kier alpha value is -4.53. The lowest BCUT2D eigenvalue weighted by molar-refractivity contribution is 0.306. The van der Waals surface area contributed by atoms with Gasteiger partial charge in [-0.05, 0) is 17.7 Å². The van der Waals surface area contributed by atoms with E-state index in [1.807, 2.05) is 54.6 Å². The number of benzene rings is 3. The van der Waals surface area contributed by atoms with Gasteiger partial charge in [0.25, 0.3) is 0 Å². The molecule has 1 aromatic heterocycles. The van der Waals surface area contributed by atoms with Crippen molar-refractivity contribution in [2.24, 2.45) is 0 Å². The summed E-state index contributed by atoms with van der Waals surface area (Å²) >= 11 is 0. The van der Waals surface area contributed by atoms with Crippen LogP contribution >= 0.6 is 0 Å². The molecule has 0 aliphatic heterocycles. The van der Waals surface area contributed by atoms with Crippen LogP contribution in [0.5, 0.6) is 23.0 Å². The summed E-state index contributed by atoms with van der Waals surface area (Å²) in [6.45, 7) is 0.485. The molecule has 0 fully saturated rings. The quantitative estimate of drug-likeness (QED) is 0.341. The van der Waals surface area contributed by atoms with Crippen LogP contribution in [0.15, 0.2) is 73.1 Å². The summed E-state index contributed by atoms with van der Waals surface area (Å²) < 4.78 is 22.1. The zero-order valence-corrected chi connectivity index (χ0v) is 19.1. The zero-order chi connectivity index (χ0) is 23.8. The van der Waals surface area contributed by atoms with Gasteiger partial charge in [-0.2, -0.15) is 4.98 Å². The average Bonchev–Trinajstić information content (AvgIpc) is 2.88. The molecule has 0 atom stereocenters. The van der Waals surface area contributed by atoms with Crippen molar-refractivity contribution in [2.75, 3.05) is 32.0 Å². The lowest BCUT2D eigenvalue weighted by Crippen LogP contribution is -2.04. The van der Waals surface area contributed by atoms with E-state index in [0.29, 0.717) is 41.4 Å². The van der Waals surface area contributed by atoms with Gasteiger partial charge >= 0.3 is 0 Å². The first-order valence-corrected chi connectivity index (χ1v) is 10.5. The maximum Gasteiger partial charge on any atom is 0.232 e. The van der Waals surface area contributed by atoms with Gasteiger partial charge in [-0.15, -0.1) is 0 Å². The number of methoxy groups -OCH3 is 3. The van der Waals surface area contributed by atoms with E-state index in [1.54, 1.807) is 33.5 Å². The Morgan fingerprint density at radius 2 is 1.38 bits per heavy atom. The predicted molar refractivity (Wildman–Crippen MR) is 130 cm³/mol. The van der Waals surface area contributed by atoms with E-state index >= 15 is 0 Å². The molecule has 0 radical (unpaired) electrons. The highest BCUT2D eigenvalue weighted by molar-refractivity contribution is 5.66. The van der Waals surface area contributed by atoms with Gasteiger partial charge in [-0.3, -0.25) is 0 Å². The smallest absolute Gasteiger partial charge is 0.232 e. The fourth-order valence-electron chi connectivity index (χ4n) is 3.23. The van der Waals surface area contributed by atoms with Crippen LogP contribution in [-0.4, -0.2) is 36.3 Å². The number of anilines is 4. The van der Waals surface area contributed by atoms with E-state index in [0.717, 1.165) is 17.0 Å². The monoisotopic (exact) mass is 459 g/mol. The first-order chi connectivity index (χ1) is 16.7. The average molecular weight is 460 g/mol. The molecule has 0 aliphatic carbocycles. The van der Waals surface area contributed by atoms with E-state index in [4.69, 9.17) is 18.9 Å². The molecular weight excluding hydrogens is 434 g/mol. The highest BCUT2D eigenvalue weighted by Gasteiger charge is 2.14. The van der Waals surface area contributed by atoms with Gasteiger partial charge in [0.15, 0.2) is 11.5 Å². The Kier molecular flexibility index (Phi) is 7.24. The van der Waals surface area contributed by atoms with Crippen molar-refractivity contribution in [3.8, 4) is 23.0 Å². The maximum absolute atomic E-state index is 5.90. The van der Waals surface area contributed by atoms with Crippen molar-refractivity contribution in [1.82, 2.24) is 15.0 Å². The molecule has 4 rings (SSSR count). The molecule has 0 saturated heterocycles. The number of aromatic nitrogens is 3. The van der Waals surface area contributed by atoms with Gasteiger partial charge in [0.1, 0.15) is 18.7 Å². The lowest BCUT2D eigenvalue weighted by Gasteiger charge is -2.14. The minimum Gasteiger partial charge on any atom is -0.493 e. The molecule has 0 aliphatic rings. The predicted octanol–water partition coefficient (Wildman–Crippen LogP) is 4.96. The number of hydrogen-bond donors (Lipinski definition) is 2. The summed E-state index contributed by atoms with van der Waals surface area (Å²) in [4.78, 5) is 12.9. The van der Waals surface area contributed by atoms with E-state index < -0.39 is 0 Å². The standard InChI is InChI=1S/C25H25N5O4/c1-31-21-13-19(14-22(32-2)23(21)33-3)29-25-27-16-26-24(30-25)28-18-10-7-11-20(12-18)34-15-17-8-5-4-6-9-17/h4-14,16H,15H2,1-3H3,(H2,26,27,28,29,30). The van der Waals surface area contributed by atoms with Crippen molar-refractivity contribution in [3.05, 3.63) is 78.6 Å². The molecule has 9 nitrogen and oxygen atoms in total. The number of hydrogen-bond acceptors (Lipinski definition) is 9. The van der Waals surface area contributed by atoms with Crippen molar-refractivity contribution in [1.29, 1.82) is 0 Å². The molecule has 0 amide bonds. The van der Waals surface area contributed by atoms with E-state index in [2.05, 4.69) is 25.6 Å². The molecule has 2 N–H and O–H groups in total. The summed E-state index contributed by atoms with van der Waals surface area (Å²) in [6.07, 6.45) is 1.42. The van der Waals surface area contributed by atoms with Gasteiger partial charge in [0.2, 0.25) is 17.6 Å². The van der Waals surface area contributed by atoms with E-state index in [-0.39, 0.29) is 0 Å². The van der Waals surface area contributed by atoms with Crippen molar-refractivity contribution in [3.63, 3.8) is 0 Å². The molecular formula is C25H25N5O4. The van der Waals surface area contributed by atoms with Crippen LogP contribution < -0.4 is 29.6 Å². The minimum absolute atomic E-state index is 0.350. The zero-order valence-electron chi connectivity index (χ0n) is 19.1. The summed E-state index contributed by atoms with van der Waals surface area (Å²) in [5.74, 6) is 3.00. The normalized spacial score (nSPS) is 10.3. The fourth-order valence-corrected chi connectivity index (χ4v) is 3.23. The summed E-state index contributed by atoms with van der Waals surface area (Å²) in [7, 11) is 4.67. The Labute approximate surface area is 197 Å². The summed E-state index contributed by atoms with van der Waals surface area (Å²) in [5.41, 5.74) is 2.55. The van der Waals surface area contributed by atoms with Crippen molar-refractivity contribution in [2.45, 2.75) is 6.61 Å². The SMILES string of the molecule is COc1cc(Nc2ncnc(Nc3cccc(OCc4ccccc4)c3)n2)cc(OC)c1OC. The number of nitrogens with one attached hydrogen (secondary N) is 2. The second kappa shape index (κ2) is 10.9. The molecule has 0 bridgehead atoms. The Morgan fingerprint density at radius 3 is 2.03 bits per heavy atom. The third-order valence-corrected chi connectivity index (χ3v) is 4.83. The first kappa shape index (κ1) is 22.7. The van der Waals surface area contributed by atoms with Crippen LogP contribution in [0.25, 0.3) is 0 Å². The van der Waals surface area contributed by atoms with Crippen LogP contribution in [0.2, 0.25) is 0 Å². The van der Waals surface area contributed by atoms with E-state index in [1.165, 1.54) is 6.33 Å². The molecule has 4 aromatic rings. The Bertz CT molecular complexity index is 1210. The van der Waals surface area contributed by atoms with Crippen LogP contribution in [0, 0.1) is 0 Å². The molecule has 3 aromatic carbocycles. The van der Waals surface area contributed by atoms with Crippen LogP contribution in [0.4, 0.5) is 23.3 Å². The van der Waals surface area contributed by atoms with Crippen LogP contribution in [-0.2, 0) is 6.61 Å². The van der Waals surface area contributed by atoms with Gasteiger partial charge in [-0.1, -0.05) is 36.4 Å². The first-order valence-electron chi connectivity index (χ1n) is 10.5. The topological polar surface area (TPSA) is 99.7 Å². The van der Waals surface area contributed by atoms with Crippen molar-refractivity contribution >= 4 is 23.3 Å². The molecule has 9 heteroatoms. The molecule has 1 heterocycles. The number of ether oxygens (including phenoxy) is 4. The largest absolute Gasteiger partial charge is 0.493 e. The second-order valence-corrected chi connectivity index (χ2v) is 7.10. The van der Waals surface area contributed by atoms with Gasteiger partial charge in [0.05, 0.1) is 21.3 Å². The Morgan fingerprint density at radius 1 is 0.706 bits per heavy atom.